The number of aryl methyl sites for hydroxylation is 3. The maximum absolute atomic E-state index is 13.7. The number of hydrogen-bond donors (Lipinski definition) is 1. The van der Waals surface area contributed by atoms with Crippen molar-refractivity contribution in [3.63, 3.8) is 0 Å². The maximum Gasteiger partial charge on any atom is 0.338 e. The van der Waals surface area contributed by atoms with E-state index >= 15 is 0 Å². The van der Waals surface area contributed by atoms with Gasteiger partial charge in [0.1, 0.15) is 11.3 Å². The van der Waals surface area contributed by atoms with Gasteiger partial charge in [-0.1, -0.05) is 68.3 Å². The summed E-state index contributed by atoms with van der Waals surface area (Å²) in [6.45, 7) is 0.243. The van der Waals surface area contributed by atoms with E-state index < -0.39 is 5.97 Å². The lowest BCUT2D eigenvalue weighted by Crippen LogP contribution is -2.07. The van der Waals surface area contributed by atoms with Crippen LogP contribution in [0.4, 0.5) is 0 Å². The van der Waals surface area contributed by atoms with Crippen molar-refractivity contribution >= 4 is 60.6 Å². The summed E-state index contributed by atoms with van der Waals surface area (Å²) in [5.74, 6) is -1.14. The summed E-state index contributed by atoms with van der Waals surface area (Å²) in [6, 6.07) is 19.6. The summed E-state index contributed by atoms with van der Waals surface area (Å²) in [5, 5.41) is 11.8. The Morgan fingerprint density at radius 2 is 1.29 bits per heavy atom. The lowest BCUT2D eigenvalue weighted by Gasteiger charge is -2.07. The van der Waals surface area contributed by atoms with E-state index in [0.717, 1.165) is 41.9 Å². The number of ether oxygens (including phenoxy) is 1. The summed E-state index contributed by atoms with van der Waals surface area (Å²) in [5.41, 5.74) is 4.30. The fraction of sp³-hybridized carbons (Fsp3) is 0.303. The van der Waals surface area contributed by atoms with Crippen LogP contribution in [0.15, 0.2) is 71.1 Å². The molecule has 0 radical (unpaired) electrons. The summed E-state index contributed by atoms with van der Waals surface area (Å²) in [4.78, 5) is 37.8. The standard InChI is InChI=1S/C33H32Br2O6/c34-18-3-5-22-8-12-24(13-9-22)31(36)30-27-21-26(32(37)38)16-17-28(27)41-29(30)7-1-2-20-40-33(39)25-14-10-23(11-15-25)6-4-19-35/h8-17,21H,1-7,18-20H2,(H,37,38). The van der Waals surface area contributed by atoms with Crippen molar-refractivity contribution in [2.75, 3.05) is 17.3 Å². The monoisotopic (exact) mass is 682 g/mol. The minimum absolute atomic E-state index is 0.0899. The van der Waals surface area contributed by atoms with Gasteiger partial charge < -0.3 is 14.3 Å². The van der Waals surface area contributed by atoms with E-state index in [2.05, 4.69) is 31.9 Å². The van der Waals surface area contributed by atoms with Crippen LogP contribution in [0.1, 0.15) is 79.2 Å². The van der Waals surface area contributed by atoms with Gasteiger partial charge in [0, 0.05) is 28.0 Å². The van der Waals surface area contributed by atoms with Gasteiger partial charge in [0.25, 0.3) is 0 Å². The Morgan fingerprint density at radius 1 is 0.707 bits per heavy atom. The van der Waals surface area contributed by atoms with Crippen molar-refractivity contribution in [2.45, 2.75) is 44.9 Å². The van der Waals surface area contributed by atoms with Gasteiger partial charge in [-0.05, 0) is 80.0 Å². The lowest BCUT2D eigenvalue weighted by molar-refractivity contribution is 0.0497. The minimum Gasteiger partial charge on any atom is -0.478 e. The quantitative estimate of drug-likeness (QED) is 0.0588. The number of aromatic carboxylic acids is 1. The van der Waals surface area contributed by atoms with Crippen LogP contribution in [0, 0.1) is 0 Å². The molecule has 0 saturated carbocycles. The number of fused-ring (bicyclic) bond motifs is 1. The Hall–Kier alpha value is -3.23. The molecule has 0 fully saturated rings. The van der Waals surface area contributed by atoms with Crippen LogP contribution < -0.4 is 0 Å². The number of carbonyl (C=O) groups excluding carboxylic acids is 2. The number of carboxylic acids is 1. The number of benzene rings is 3. The summed E-state index contributed by atoms with van der Waals surface area (Å²) in [7, 11) is 0. The third-order valence-corrected chi connectivity index (χ3v) is 7.99. The molecule has 0 aliphatic rings. The molecule has 214 valence electrons. The second-order valence-electron chi connectivity index (χ2n) is 9.82. The molecule has 0 atom stereocenters. The normalized spacial score (nSPS) is 11.1. The van der Waals surface area contributed by atoms with E-state index in [-0.39, 0.29) is 23.9 Å². The molecule has 8 heteroatoms. The van der Waals surface area contributed by atoms with Crippen LogP contribution in [0.5, 0.6) is 0 Å². The second-order valence-corrected chi connectivity index (χ2v) is 11.4. The molecule has 1 heterocycles. The summed E-state index contributed by atoms with van der Waals surface area (Å²) >= 11 is 6.87. The first-order chi connectivity index (χ1) is 19.9. The highest BCUT2D eigenvalue weighted by Crippen LogP contribution is 2.31. The molecular formula is C33H32Br2O6. The zero-order valence-corrected chi connectivity index (χ0v) is 25.8. The number of hydrogen-bond acceptors (Lipinski definition) is 5. The molecule has 1 aromatic heterocycles. The van der Waals surface area contributed by atoms with Gasteiger partial charge in [-0.2, -0.15) is 0 Å². The topological polar surface area (TPSA) is 93.8 Å². The Labute approximate surface area is 256 Å². The second kappa shape index (κ2) is 15.1. The molecule has 4 rings (SSSR count). The fourth-order valence-corrected chi connectivity index (χ4v) is 5.22. The predicted molar refractivity (Wildman–Crippen MR) is 167 cm³/mol. The first kappa shape index (κ1) is 30.7. The van der Waals surface area contributed by atoms with Crippen molar-refractivity contribution in [3.05, 3.63) is 106 Å². The third-order valence-electron chi connectivity index (χ3n) is 6.87. The molecule has 0 spiro atoms. The van der Waals surface area contributed by atoms with Crippen LogP contribution in [-0.4, -0.2) is 40.1 Å². The van der Waals surface area contributed by atoms with Gasteiger partial charge in [0.15, 0.2) is 5.78 Å². The van der Waals surface area contributed by atoms with E-state index in [1.807, 2.05) is 36.4 Å². The molecular weight excluding hydrogens is 652 g/mol. The number of rotatable bonds is 15. The molecule has 4 aromatic rings. The van der Waals surface area contributed by atoms with Crippen molar-refractivity contribution in [2.24, 2.45) is 0 Å². The predicted octanol–water partition coefficient (Wildman–Crippen LogP) is 8.20. The average Bonchev–Trinajstić information content (AvgIpc) is 3.36. The number of alkyl halides is 2. The van der Waals surface area contributed by atoms with Crippen molar-refractivity contribution in [1.29, 1.82) is 0 Å². The lowest BCUT2D eigenvalue weighted by atomic mass is 9.96. The number of carboxylic acid groups (broad SMARTS) is 1. The first-order valence-electron chi connectivity index (χ1n) is 13.7. The minimum atomic E-state index is -1.07. The van der Waals surface area contributed by atoms with E-state index in [1.165, 1.54) is 17.7 Å². The van der Waals surface area contributed by atoms with Crippen LogP contribution in [0.2, 0.25) is 0 Å². The van der Waals surface area contributed by atoms with Gasteiger partial charge in [0.2, 0.25) is 0 Å². The number of ketones is 1. The van der Waals surface area contributed by atoms with Crippen LogP contribution >= 0.6 is 31.9 Å². The van der Waals surface area contributed by atoms with Gasteiger partial charge in [-0.3, -0.25) is 4.79 Å². The van der Waals surface area contributed by atoms with Crippen LogP contribution in [-0.2, 0) is 24.0 Å². The maximum atomic E-state index is 13.7. The van der Waals surface area contributed by atoms with E-state index in [4.69, 9.17) is 9.15 Å². The Morgan fingerprint density at radius 3 is 1.88 bits per heavy atom. The molecule has 0 unspecified atom stereocenters. The van der Waals surface area contributed by atoms with E-state index in [0.29, 0.717) is 52.7 Å². The van der Waals surface area contributed by atoms with E-state index in [9.17, 15) is 19.5 Å². The Balaban J connectivity index is 1.43. The zero-order valence-electron chi connectivity index (χ0n) is 22.7. The highest BCUT2D eigenvalue weighted by atomic mass is 79.9. The molecule has 0 aliphatic carbocycles. The SMILES string of the molecule is O=C(O)c1ccc2oc(CCCCOC(=O)c3ccc(CCCBr)cc3)c(C(=O)c3ccc(CCCBr)cc3)c2c1. The molecule has 0 amide bonds. The first-order valence-corrected chi connectivity index (χ1v) is 16.0. The molecule has 41 heavy (non-hydrogen) atoms. The number of furan rings is 1. The van der Waals surface area contributed by atoms with Crippen LogP contribution in [0.3, 0.4) is 0 Å². The van der Waals surface area contributed by atoms with E-state index in [1.54, 1.807) is 18.2 Å². The highest BCUT2D eigenvalue weighted by Gasteiger charge is 2.23. The number of carbonyl (C=O) groups is 3. The van der Waals surface area contributed by atoms with Gasteiger partial charge in [0.05, 0.1) is 23.3 Å². The molecule has 1 N–H and O–H groups in total. The number of esters is 1. The Kier molecular flexibility index (Phi) is 11.3. The Bertz CT molecular complexity index is 1490. The molecule has 0 aliphatic heterocycles. The van der Waals surface area contributed by atoms with Crippen molar-refractivity contribution < 1.29 is 28.6 Å². The largest absolute Gasteiger partial charge is 0.478 e. The van der Waals surface area contributed by atoms with Gasteiger partial charge >= 0.3 is 11.9 Å². The molecule has 3 aromatic carbocycles. The fourth-order valence-electron chi connectivity index (χ4n) is 4.66. The smallest absolute Gasteiger partial charge is 0.338 e. The van der Waals surface area contributed by atoms with Gasteiger partial charge in [-0.25, -0.2) is 9.59 Å². The molecule has 0 saturated heterocycles. The van der Waals surface area contributed by atoms with Gasteiger partial charge in [-0.15, -0.1) is 0 Å². The number of halogens is 2. The zero-order chi connectivity index (χ0) is 29.2. The van der Waals surface area contributed by atoms with Crippen molar-refractivity contribution in [1.82, 2.24) is 0 Å². The summed E-state index contributed by atoms with van der Waals surface area (Å²) < 4.78 is 11.5. The molecule has 6 nitrogen and oxygen atoms in total. The number of unbranched alkanes of at least 4 members (excludes halogenated alkanes) is 1. The van der Waals surface area contributed by atoms with Crippen LogP contribution in [0.25, 0.3) is 11.0 Å². The third kappa shape index (κ3) is 8.17. The average molecular weight is 684 g/mol. The molecule has 0 bridgehead atoms. The van der Waals surface area contributed by atoms with Crippen molar-refractivity contribution in [3.8, 4) is 0 Å². The highest BCUT2D eigenvalue weighted by molar-refractivity contribution is 9.09. The summed E-state index contributed by atoms with van der Waals surface area (Å²) in [6.07, 6.45) is 5.55.